The Kier molecular flexibility index (Phi) is 8.39. The van der Waals surface area contributed by atoms with E-state index in [1.807, 2.05) is 18.2 Å². The second kappa shape index (κ2) is 11.1. The number of nitro groups is 1. The van der Waals surface area contributed by atoms with E-state index in [1.165, 1.54) is 24.3 Å². The monoisotopic (exact) mass is 533 g/mol. The van der Waals surface area contributed by atoms with Gasteiger partial charge >= 0.3 is 17.4 Å². The van der Waals surface area contributed by atoms with Crippen LogP contribution in [-0.4, -0.2) is 55.6 Å². The quantitative estimate of drug-likeness (QED) is 0.225. The summed E-state index contributed by atoms with van der Waals surface area (Å²) in [5, 5.41) is 21.5. The molecule has 1 heterocycles. The Morgan fingerprint density at radius 3 is 2.30 bits per heavy atom. The average molecular weight is 534 g/mol. The second-order valence-electron chi connectivity index (χ2n) is 9.59. The van der Waals surface area contributed by atoms with Gasteiger partial charge in [-0.25, -0.2) is 14.7 Å². The minimum atomic E-state index is -1.91. The van der Waals surface area contributed by atoms with Crippen LogP contribution < -0.4 is 0 Å². The molecule has 1 fully saturated rings. The number of carbonyl (C=O) groups excluding carboxylic acids is 2. The fourth-order valence-corrected chi connectivity index (χ4v) is 4.42. The van der Waals surface area contributed by atoms with E-state index in [1.54, 1.807) is 32.9 Å². The van der Waals surface area contributed by atoms with Crippen molar-refractivity contribution in [3.63, 3.8) is 0 Å². The number of nitrogens with zero attached hydrogens (tertiary/aromatic N) is 3. The van der Waals surface area contributed by atoms with E-state index in [2.05, 4.69) is 0 Å². The van der Waals surface area contributed by atoms with Gasteiger partial charge in [0.1, 0.15) is 12.2 Å². The molecule has 0 aromatic heterocycles. The summed E-state index contributed by atoms with van der Waals surface area (Å²) in [4.78, 5) is 55.6. The number of non-ortho nitro benzene ring substituents is 1. The van der Waals surface area contributed by atoms with Crippen LogP contribution in [0.1, 0.15) is 44.7 Å². The van der Waals surface area contributed by atoms with Crippen molar-refractivity contribution in [3.05, 3.63) is 75.8 Å². The highest BCUT2D eigenvalue weighted by atomic mass is 35.5. The van der Waals surface area contributed by atoms with Crippen molar-refractivity contribution in [1.29, 1.82) is 0 Å². The van der Waals surface area contributed by atoms with E-state index in [9.17, 15) is 29.6 Å². The molecule has 2 aromatic carbocycles. The van der Waals surface area contributed by atoms with Crippen molar-refractivity contribution < 1.29 is 34.0 Å². The summed E-state index contributed by atoms with van der Waals surface area (Å²) in [5.41, 5.74) is -2.15. The van der Waals surface area contributed by atoms with E-state index in [0.717, 1.165) is 15.5 Å². The summed E-state index contributed by atoms with van der Waals surface area (Å²) in [6.45, 7) is 4.66. The number of aliphatic carboxylic acids is 1. The maximum atomic E-state index is 13.4. The Labute approximate surface area is 218 Å². The third-order valence-corrected chi connectivity index (χ3v) is 6.10. The van der Waals surface area contributed by atoms with Gasteiger partial charge in [-0.3, -0.25) is 24.6 Å². The lowest BCUT2D eigenvalue weighted by Gasteiger charge is -2.48. The summed E-state index contributed by atoms with van der Waals surface area (Å²) >= 11 is 5.82. The van der Waals surface area contributed by atoms with Crippen molar-refractivity contribution in [2.24, 2.45) is 0 Å². The number of hydrogen-bond donors (Lipinski definition) is 1. The standard InChI is InChI=1S/C25H28ClN3O8/c1-24(2,3)37-23(33)27-15-20(28(22(26)32)36-16-17-7-5-4-6-8-17)13-14-25(27,21(30)31)18-9-11-19(12-10-18)29(34)35/h4-12,20H,13-16H2,1-3H3,(H,30,31)/t20-,25+/m1/s1. The number of hydrogen-bond acceptors (Lipinski definition) is 7. The molecule has 37 heavy (non-hydrogen) atoms. The molecule has 0 aliphatic carbocycles. The summed E-state index contributed by atoms with van der Waals surface area (Å²) in [6, 6.07) is 13.2. The number of nitro benzene ring substituents is 1. The number of hydroxylamine groups is 2. The number of carbonyl (C=O) groups is 3. The van der Waals surface area contributed by atoms with Gasteiger partial charge in [-0.05, 0) is 68.5 Å². The van der Waals surface area contributed by atoms with E-state index in [-0.39, 0.29) is 37.2 Å². The number of piperidine rings is 1. The maximum Gasteiger partial charge on any atom is 0.411 e. The third kappa shape index (κ3) is 6.36. The molecule has 2 atom stereocenters. The van der Waals surface area contributed by atoms with Crippen LogP contribution in [-0.2, 0) is 26.5 Å². The number of carboxylic acid groups (broad SMARTS) is 1. The molecule has 2 aromatic rings. The molecular formula is C25H28ClN3O8. The molecule has 3 rings (SSSR count). The number of carboxylic acids is 1. The number of rotatable bonds is 7. The zero-order valence-electron chi connectivity index (χ0n) is 20.6. The van der Waals surface area contributed by atoms with E-state index >= 15 is 0 Å². The van der Waals surface area contributed by atoms with Crippen molar-refractivity contribution in [3.8, 4) is 0 Å². The van der Waals surface area contributed by atoms with Gasteiger partial charge in [-0.15, -0.1) is 0 Å². The van der Waals surface area contributed by atoms with Crippen molar-refractivity contribution in [2.75, 3.05) is 6.54 Å². The summed E-state index contributed by atoms with van der Waals surface area (Å²) in [5.74, 6) is -1.35. The Morgan fingerprint density at radius 1 is 1.16 bits per heavy atom. The van der Waals surface area contributed by atoms with Crippen molar-refractivity contribution >= 4 is 34.7 Å². The van der Waals surface area contributed by atoms with E-state index in [4.69, 9.17) is 21.2 Å². The van der Waals surface area contributed by atoms with Crippen LogP contribution in [0.5, 0.6) is 0 Å². The Balaban J connectivity index is 1.98. The minimum Gasteiger partial charge on any atom is -0.479 e. The molecule has 2 amide bonds. The van der Waals surface area contributed by atoms with Crippen LogP contribution in [0.3, 0.4) is 0 Å². The van der Waals surface area contributed by atoms with E-state index < -0.39 is 39.5 Å². The third-order valence-electron chi connectivity index (χ3n) is 5.93. The smallest absolute Gasteiger partial charge is 0.411 e. The summed E-state index contributed by atoms with van der Waals surface area (Å²) in [7, 11) is 0. The van der Waals surface area contributed by atoms with Crippen molar-refractivity contribution in [2.45, 2.75) is 57.4 Å². The maximum absolute atomic E-state index is 13.4. The largest absolute Gasteiger partial charge is 0.479 e. The van der Waals surface area contributed by atoms with Crippen molar-refractivity contribution in [1.82, 2.24) is 9.96 Å². The molecule has 12 heteroatoms. The first-order valence-electron chi connectivity index (χ1n) is 11.5. The molecular weight excluding hydrogens is 506 g/mol. The zero-order valence-corrected chi connectivity index (χ0v) is 21.4. The predicted octanol–water partition coefficient (Wildman–Crippen LogP) is 5.07. The fourth-order valence-electron chi connectivity index (χ4n) is 4.23. The Bertz CT molecular complexity index is 1150. The predicted molar refractivity (Wildman–Crippen MR) is 133 cm³/mol. The van der Waals surface area contributed by atoms with Crippen LogP contribution in [0, 0.1) is 10.1 Å². The topological polar surface area (TPSA) is 140 Å². The average Bonchev–Trinajstić information content (AvgIpc) is 2.83. The van der Waals surface area contributed by atoms with Gasteiger partial charge in [-0.1, -0.05) is 30.3 Å². The van der Waals surface area contributed by atoms with Crippen LogP contribution in [0.15, 0.2) is 54.6 Å². The Morgan fingerprint density at radius 2 is 1.78 bits per heavy atom. The van der Waals surface area contributed by atoms with Crippen LogP contribution >= 0.6 is 11.6 Å². The lowest BCUT2D eigenvalue weighted by molar-refractivity contribution is -0.384. The molecule has 1 aliphatic heterocycles. The Hall–Kier alpha value is -3.70. The first-order valence-corrected chi connectivity index (χ1v) is 11.9. The second-order valence-corrected chi connectivity index (χ2v) is 9.91. The molecule has 0 saturated carbocycles. The van der Waals surface area contributed by atoms with Gasteiger partial charge in [0.05, 0.1) is 11.0 Å². The molecule has 1 N–H and O–H groups in total. The molecule has 0 radical (unpaired) electrons. The summed E-state index contributed by atoms with van der Waals surface area (Å²) < 4.78 is 5.52. The van der Waals surface area contributed by atoms with Gasteiger partial charge in [0, 0.05) is 18.7 Å². The van der Waals surface area contributed by atoms with Gasteiger partial charge in [0.2, 0.25) is 0 Å². The normalized spacial score (nSPS) is 19.7. The highest BCUT2D eigenvalue weighted by Gasteiger charge is 2.54. The number of likely N-dealkylation sites (tertiary alicyclic amines) is 1. The fraction of sp³-hybridized carbons (Fsp3) is 0.400. The number of benzene rings is 2. The molecule has 0 bridgehead atoms. The molecule has 0 spiro atoms. The first-order chi connectivity index (χ1) is 17.3. The molecule has 11 nitrogen and oxygen atoms in total. The minimum absolute atomic E-state index is 0.0225. The molecule has 0 unspecified atom stereocenters. The van der Waals surface area contributed by atoms with Gasteiger partial charge < -0.3 is 9.84 Å². The molecule has 1 saturated heterocycles. The molecule has 198 valence electrons. The van der Waals surface area contributed by atoms with Gasteiger partial charge in [0.25, 0.3) is 5.69 Å². The van der Waals surface area contributed by atoms with Crippen LogP contribution in [0.4, 0.5) is 15.3 Å². The zero-order chi connectivity index (χ0) is 27.4. The van der Waals surface area contributed by atoms with E-state index in [0.29, 0.717) is 0 Å². The van der Waals surface area contributed by atoms with Crippen LogP contribution in [0.25, 0.3) is 0 Å². The highest BCUT2D eigenvalue weighted by molar-refractivity contribution is 6.62. The van der Waals surface area contributed by atoms with Crippen LogP contribution in [0.2, 0.25) is 0 Å². The number of halogens is 1. The number of ether oxygens (including phenoxy) is 1. The van der Waals surface area contributed by atoms with Gasteiger partial charge in [-0.2, -0.15) is 0 Å². The van der Waals surface area contributed by atoms with Gasteiger partial charge in [0.15, 0.2) is 5.54 Å². The SMILES string of the molecule is CC(C)(C)OC(=O)N1C[C@H](N(OCc2ccccc2)C(=O)Cl)CC[C@@]1(C(=O)O)c1ccc([N+](=O)[O-])cc1. The number of amides is 2. The lowest BCUT2D eigenvalue weighted by atomic mass is 9.79. The lowest BCUT2D eigenvalue weighted by Crippen LogP contribution is -2.63. The molecule has 1 aliphatic rings. The summed E-state index contributed by atoms with van der Waals surface area (Å²) in [6.07, 6.45) is -0.960. The first kappa shape index (κ1) is 27.9. The highest BCUT2D eigenvalue weighted by Crippen LogP contribution is 2.41.